The molecule has 0 aliphatic rings. The topological polar surface area (TPSA) is 52.5 Å². The summed E-state index contributed by atoms with van der Waals surface area (Å²) in [5.74, 6) is 0.193. The normalized spacial score (nSPS) is 14.1. The van der Waals surface area contributed by atoms with Crippen molar-refractivity contribution in [1.29, 1.82) is 0 Å². The molecule has 18 heavy (non-hydrogen) atoms. The molecular formula is C15H17NO2. The highest BCUT2D eigenvalue weighted by Crippen LogP contribution is 2.29. The lowest BCUT2D eigenvalue weighted by Crippen LogP contribution is -2.37. The fraction of sp³-hybridized carbons (Fsp3) is 0.200. The summed E-state index contributed by atoms with van der Waals surface area (Å²) in [5.41, 5.74) is 0.481. The molecule has 2 aromatic rings. The maximum Gasteiger partial charge on any atom is 0.127 e. The van der Waals surface area contributed by atoms with Crippen LogP contribution in [0.1, 0.15) is 11.1 Å². The minimum atomic E-state index is -1.09. The minimum absolute atomic E-state index is 0.193. The summed E-state index contributed by atoms with van der Waals surface area (Å²) >= 11 is 0. The van der Waals surface area contributed by atoms with Gasteiger partial charge in [-0.1, -0.05) is 42.5 Å². The Balaban J connectivity index is 2.47. The second-order valence-corrected chi connectivity index (χ2v) is 4.30. The first-order valence-electron chi connectivity index (χ1n) is 5.89. The Morgan fingerprint density at radius 2 is 1.50 bits per heavy atom. The molecule has 3 heteroatoms. The van der Waals surface area contributed by atoms with Gasteiger partial charge in [-0.15, -0.1) is 0 Å². The van der Waals surface area contributed by atoms with Crippen molar-refractivity contribution in [2.75, 3.05) is 13.6 Å². The fourth-order valence-electron chi connectivity index (χ4n) is 2.08. The second kappa shape index (κ2) is 5.21. The molecule has 2 rings (SSSR count). The van der Waals surface area contributed by atoms with Crippen LogP contribution in [0.4, 0.5) is 0 Å². The lowest BCUT2D eigenvalue weighted by molar-refractivity contribution is 0.0822. The van der Waals surface area contributed by atoms with Gasteiger partial charge in [0.25, 0.3) is 0 Å². The molecule has 0 aliphatic heterocycles. The third-order valence-electron chi connectivity index (χ3n) is 3.03. The van der Waals surface area contributed by atoms with Crippen LogP contribution >= 0.6 is 0 Å². The van der Waals surface area contributed by atoms with E-state index < -0.39 is 5.60 Å². The van der Waals surface area contributed by atoms with Gasteiger partial charge in [0.2, 0.25) is 0 Å². The molecule has 2 aromatic carbocycles. The van der Waals surface area contributed by atoms with Gasteiger partial charge in [0, 0.05) is 6.54 Å². The van der Waals surface area contributed by atoms with Crippen LogP contribution in [0.3, 0.4) is 0 Å². The lowest BCUT2D eigenvalue weighted by Gasteiger charge is -2.29. The Bertz CT molecular complexity index is 496. The summed E-state index contributed by atoms with van der Waals surface area (Å²) in [6.45, 7) is 0.405. The molecular weight excluding hydrogens is 226 g/mol. The number of rotatable bonds is 4. The summed E-state index contributed by atoms with van der Waals surface area (Å²) in [5, 5.41) is 23.2. The average molecular weight is 243 g/mol. The van der Waals surface area contributed by atoms with E-state index in [0.29, 0.717) is 6.54 Å². The molecule has 0 saturated carbocycles. The quantitative estimate of drug-likeness (QED) is 0.768. The van der Waals surface area contributed by atoms with Crippen molar-refractivity contribution in [1.82, 2.24) is 5.32 Å². The maximum absolute atomic E-state index is 10.9. The van der Waals surface area contributed by atoms with Crippen molar-refractivity contribution in [3.8, 4) is 5.75 Å². The van der Waals surface area contributed by atoms with E-state index in [1.165, 1.54) is 0 Å². The van der Waals surface area contributed by atoms with Crippen molar-refractivity contribution in [2.45, 2.75) is 5.60 Å². The first-order valence-corrected chi connectivity index (χ1v) is 5.89. The zero-order valence-electron chi connectivity index (χ0n) is 10.3. The third kappa shape index (κ3) is 2.37. The highest BCUT2D eigenvalue weighted by atomic mass is 16.3. The molecule has 1 atom stereocenters. The van der Waals surface area contributed by atoms with Crippen LogP contribution in [0.5, 0.6) is 5.75 Å². The number of nitrogens with one attached hydrogen (secondary N) is 1. The van der Waals surface area contributed by atoms with E-state index in [0.717, 1.165) is 11.1 Å². The molecule has 94 valence electrons. The van der Waals surface area contributed by atoms with Crippen molar-refractivity contribution < 1.29 is 10.2 Å². The van der Waals surface area contributed by atoms with Gasteiger partial charge in [0.1, 0.15) is 11.4 Å². The zero-order chi connectivity index (χ0) is 13.0. The summed E-state index contributed by atoms with van der Waals surface area (Å²) in [4.78, 5) is 0. The first-order chi connectivity index (χ1) is 8.66. The summed E-state index contributed by atoms with van der Waals surface area (Å²) in [7, 11) is 1.80. The highest BCUT2D eigenvalue weighted by molar-refractivity contribution is 5.38. The predicted octanol–water partition coefficient (Wildman–Crippen LogP) is 1.85. The largest absolute Gasteiger partial charge is 0.508 e. The summed E-state index contributed by atoms with van der Waals surface area (Å²) < 4.78 is 0. The maximum atomic E-state index is 10.9. The van der Waals surface area contributed by atoms with Crippen molar-refractivity contribution in [2.24, 2.45) is 0 Å². The van der Waals surface area contributed by atoms with E-state index in [9.17, 15) is 10.2 Å². The van der Waals surface area contributed by atoms with E-state index in [2.05, 4.69) is 5.32 Å². The molecule has 0 heterocycles. The molecule has 0 aromatic heterocycles. The molecule has 0 spiro atoms. The Labute approximate surface area is 107 Å². The standard InChI is InChI=1S/C15H17NO2/c1-16-11-15(18,12-5-3-2-4-6-12)13-7-9-14(17)10-8-13/h2-10,16-18H,11H2,1H3. The minimum Gasteiger partial charge on any atom is -0.508 e. The number of aromatic hydroxyl groups is 1. The average Bonchev–Trinajstić information content (AvgIpc) is 2.40. The molecule has 3 N–H and O–H groups in total. The number of aliphatic hydroxyl groups is 1. The monoisotopic (exact) mass is 243 g/mol. The van der Waals surface area contributed by atoms with Crippen LogP contribution in [-0.4, -0.2) is 23.8 Å². The van der Waals surface area contributed by atoms with Crippen LogP contribution in [-0.2, 0) is 5.60 Å². The van der Waals surface area contributed by atoms with Crippen molar-refractivity contribution in [3.05, 3.63) is 65.7 Å². The van der Waals surface area contributed by atoms with Crippen LogP contribution in [0.2, 0.25) is 0 Å². The third-order valence-corrected chi connectivity index (χ3v) is 3.03. The molecule has 0 fully saturated rings. The van der Waals surface area contributed by atoms with Crippen LogP contribution in [0.15, 0.2) is 54.6 Å². The van der Waals surface area contributed by atoms with Crippen LogP contribution in [0.25, 0.3) is 0 Å². The van der Waals surface area contributed by atoms with Gasteiger partial charge in [-0.25, -0.2) is 0 Å². The second-order valence-electron chi connectivity index (χ2n) is 4.30. The molecule has 0 amide bonds. The van der Waals surface area contributed by atoms with Crippen LogP contribution < -0.4 is 5.32 Å². The van der Waals surface area contributed by atoms with E-state index in [-0.39, 0.29) is 5.75 Å². The van der Waals surface area contributed by atoms with Gasteiger partial charge in [0.05, 0.1) is 0 Å². The van der Waals surface area contributed by atoms with Crippen molar-refractivity contribution >= 4 is 0 Å². The molecule has 0 bridgehead atoms. The molecule has 0 radical (unpaired) electrons. The smallest absolute Gasteiger partial charge is 0.127 e. The summed E-state index contributed by atoms with van der Waals surface area (Å²) in [6, 6.07) is 16.1. The predicted molar refractivity (Wildman–Crippen MR) is 71.5 cm³/mol. The Hall–Kier alpha value is -1.84. The van der Waals surface area contributed by atoms with Crippen molar-refractivity contribution in [3.63, 3.8) is 0 Å². The number of phenolic OH excluding ortho intramolecular Hbond substituents is 1. The van der Waals surface area contributed by atoms with E-state index in [1.807, 2.05) is 30.3 Å². The molecule has 1 unspecified atom stereocenters. The number of benzene rings is 2. The highest BCUT2D eigenvalue weighted by Gasteiger charge is 2.30. The van der Waals surface area contributed by atoms with Gasteiger partial charge in [-0.05, 0) is 30.3 Å². The van der Waals surface area contributed by atoms with E-state index in [1.54, 1.807) is 31.3 Å². The molecule has 0 aliphatic carbocycles. The SMILES string of the molecule is CNCC(O)(c1ccccc1)c1ccc(O)cc1. The molecule has 0 saturated heterocycles. The van der Waals surface area contributed by atoms with Gasteiger partial charge in [-0.3, -0.25) is 0 Å². The Morgan fingerprint density at radius 1 is 0.944 bits per heavy atom. The van der Waals surface area contributed by atoms with E-state index in [4.69, 9.17) is 0 Å². The summed E-state index contributed by atoms with van der Waals surface area (Å²) in [6.07, 6.45) is 0. The van der Waals surface area contributed by atoms with Crippen LogP contribution in [0, 0.1) is 0 Å². The number of hydrogen-bond acceptors (Lipinski definition) is 3. The van der Waals surface area contributed by atoms with Gasteiger partial charge < -0.3 is 15.5 Å². The first kappa shape index (κ1) is 12.6. The zero-order valence-corrected chi connectivity index (χ0v) is 10.3. The van der Waals surface area contributed by atoms with E-state index >= 15 is 0 Å². The van der Waals surface area contributed by atoms with Gasteiger partial charge >= 0.3 is 0 Å². The fourth-order valence-corrected chi connectivity index (χ4v) is 2.08. The lowest BCUT2D eigenvalue weighted by atomic mass is 9.86. The van der Waals surface area contributed by atoms with Gasteiger partial charge in [-0.2, -0.15) is 0 Å². The number of hydrogen-bond donors (Lipinski definition) is 3. The van der Waals surface area contributed by atoms with Gasteiger partial charge in [0.15, 0.2) is 0 Å². The number of likely N-dealkylation sites (N-methyl/N-ethyl adjacent to an activating group) is 1. The number of phenols is 1. The molecule has 3 nitrogen and oxygen atoms in total. The Morgan fingerprint density at radius 3 is 2.06 bits per heavy atom. The Kier molecular flexibility index (Phi) is 3.65.